The van der Waals surface area contributed by atoms with E-state index < -0.39 is 10.0 Å². The fourth-order valence-corrected chi connectivity index (χ4v) is 4.70. The number of aryl methyl sites for hydroxylation is 2. The first-order valence-corrected chi connectivity index (χ1v) is 13.0. The molecule has 3 rings (SSSR count). The van der Waals surface area contributed by atoms with Crippen LogP contribution in [-0.4, -0.2) is 32.0 Å². The number of anilines is 1. The molecule has 0 aliphatic heterocycles. The maximum absolute atomic E-state index is 13.2. The van der Waals surface area contributed by atoms with Crippen molar-refractivity contribution in [1.29, 1.82) is 0 Å². The number of nitrogens with zero attached hydrogens (tertiary/aromatic N) is 2. The lowest BCUT2D eigenvalue weighted by molar-refractivity contribution is -0.132. The summed E-state index contributed by atoms with van der Waals surface area (Å²) >= 11 is 0. The van der Waals surface area contributed by atoms with Gasteiger partial charge < -0.3 is 4.90 Å². The van der Waals surface area contributed by atoms with Crippen LogP contribution in [0.25, 0.3) is 0 Å². The van der Waals surface area contributed by atoms with Crippen molar-refractivity contribution in [2.75, 3.05) is 17.1 Å². The van der Waals surface area contributed by atoms with E-state index in [-0.39, 0.29) is 18.9 Å². The highest BCUT2D eigenvalue weighted by molar-refractivity contribution is 7.92. The number of benzene rings is 3. The van der Waals surface area contributed by atoms with E-state index in [9.17, 15) is 13.2 Å². The third-order valence-electron chi connectivity index (χ3n) is 5.72. The van der Waals surface area contributed by atoms with E-state index in [0.29, 0.717) is 25.2 Å². The van der Waals surface area contributed by atoms with Gasteiger partial charge in [-0.25, -0.2) is 8.42 Å². The van der Waals surface area contributed by atoms with Gasteiger partial charge in [0, 0.05) is 26.1 Å². The summed E-state index contributed by atoms with van der Waals surface area (Å²) < 4.78 is 26.3. The van der Waals surface area contributed by atoms with E-state index in [1.807, 2.05) is 97.6 Å². The van der Waals surface area contributed by atoms with Crippen LogP contribution < -0.4 is 4.31 Å². The maximum atomic E-state index is 13.2. The molecule has 0 N–H and O–H groups in total. The molecule has 6 heteroatoms. The molecule has 0 heterocycles. The van der Waals surface area contributed by atoms with Gasteiger partial charge in [-0.3, -0.25) is 9.10 Å². The molecule has 174 valence electrons. The Kier molecular flexibility index (Phi) is 8.28. The van der Waals surface area contributed by atoms with Crippen molar-refractivity contribution in [3.8, 4) is 0 Å². The van der Waals surface area contributed by atoms with Crippen molar-refractivity contribution in [3.05, 3.63) is 101 Å². The number of sulfonamides is 1. The number of carbonyl (C=O) groups excluding carboxylic acids is 1. The van der Waals surface area contributed by atoms with Crippen LogP contribution in [0, 0.1) is 13.8 Å². The van der Waals surface area contributed by atoms with Gasteiger partial charge in [-0.15, -0.1) is 0 Å². The molecule has 3 aromatic carbocycles. The zero-order valence-electron chi connectivity index (χ0n) is 19.6. The van der Waals surface area contributed by atoms with Crippen molar-refractivity contribution >= 4 is 21.6 Å². The van der Waals surface area contributed by atoms with Gasteiger partial charge in [-0.2, -0.15) is 0 Å². The van der Waals surface area contributed by atoms with Crippen molar-refractivity contribution < 1.29 is 13.2 Å². The van der Waals surface area contributed by atoms with Gasteiger partial charge in [0.15, 0.2) is 0 Å². The Morgan fingerprint density at radius 3 is 1.82 bits per heavy atom. The topological polar surface area (TPSA) is 57.7 Å². The van der Waals surface area contributed by atoms with Gasteiger partial charge in [0.25, 0.3) is 0 Å². The van der Waals surface area contributed by atoms with Crippen LogP contribution in [0.5, 0.6) is 0 Å². The summed E-state index contributed by atoms with van der Waals surface area (Å²) in [6, 6.07) is 25.5. The summed E-state index contributed by atoms with van der Waals surface area (Å²) in [6.45, 7) is 5.26. The standard InChI is InChI=1S/C27H32N2O3S/c1-22-16-17-26(19-23(22)2)29(33(3,31)32)18-10-15-27(30)28(20-24-11-6-4-7-12-24)21-25-13-8-5-9-14-25/h4-9,11-14,16-17,19H,10,15,18,20-21H2,1-3H3. The van der Waals surface area contributed by atoms with E-state index in [2.05, 4.69) is 0 Å². The summed E-state index contributed by atoms with van der Waals surface area (Å²) in [5.41, 5.74) is 4.91. The summed E-state index contributed by atoms with van der Waals surface area (Å²) in [7, 11) is -3.45. The number of rotatable bonds is 10. The molecule has 0 bridgehead atoms. The molecule has 5 nitrogen and oxygen atoms in total. The lowest BCUT2D eigenvalue weighted by Crippen LogP contribution is -2.33. The average Bonchev–Trinajstić information content (AvgIpc) is 2.79. The van der Waals surface area contributed by atoms with E-state index in [4.69, 9.17) is 0 Å². The Morgan fingerprint density at radius 1 is 0.788 bits per heavy atom. The number of hydrogen-bond donors (Lipinski definition) is 0. The van der Waals surface area contributed by atoms with Crippen LogP contribution in [0.1, 0.15) is 35.1 Å². The molecular weight excluding hydrogens is 432 g/mol. The van der Waals surface area contributed by atoms with Crippen LogP contribution in [0.3, 0.4) is 0 Å². The van der Waals surface area contributed by atoms with E-state index >= 15 is 0 Å². The first kappa shape index (κ1) is 24.5. The van der Waals surface area contributed by atoms with Gasteiger partial charge >= 0.3 is 0 Å². The number of carbonyl (C=O) groups is 1. The SMILES string of the molecule is Cc1ccc(N(CCCC(=O)N(Cc2ccccc2)Cc2ccccc2)S(C)(=O)=O)cc1C. The average molecular weight is 465 g/mol. The van der Waals surface area contributed by atoms with Gasteiger partial charge in [0.1, 0.15) is 0 Å². The molecule has 3 aromatic rings. The number of hydrogen-bond acceptors (Lipinski definition) is 3. The Bertz CT molecular complexity index is 1120. The molecule has 0 radical (unpaired) electrons. The minimum absolute atomic E-state index is 0.0104. The molecular formula is C27H32N2O3S. The second-order valence-electron chi connectivity index (χ2n) is 8.43. The van der Waals surface area contributed by atoms with Gasteiger partial charge in [0.05, 0.1) is 11.9 Å². The highest BCUT2D eigenvalue weighted by Crippen LogP contribution is 2.22. The molecule has 1 amide bonds. The second kappa shape index (κ2) is 11.1. The third kappa shape index (κ3) is 7.19. The van der Waals surface area contributed by atoms with Crippen molar-refractivity contribution in [1.82, 2.24) is 4.90 Å². The molecule has 0 spiro atoms. The Morgan fingerprint density at radius 2 is 1.33 bits per heavy atom. The van der Waals surface area contributed by atoms with Gasteiger partial charge in [0.2, 0.25) is 15.9 Å². The minimum Gasteiger partial charge on any atom is -0.334 e. The van der Waals surface area contributed by atoms with Crippen molar-refractivity contribution in [2.24, 2.45) is 0 Å². The molecule has 0 aliphatic carbocycles. The largest absolute Gasteiger partial charge is 0.334 e. The molecule has 0 fully saturated rings. The minimum atomic E-state index is -3.45. The van der Waals surface area contributed by atoms with Gasteiger partial charge in [-0.05, 0) is 54.7 Å². The van der Waals surface area contributed by atoms with Crippen LogP contribution in [-0.2, 0) is 27.9 Å². The quantitative estimate of drug-likeness (QED) is 0.420. The van der Waals surface area contributed by atoms with Gasteiger partial charge in [-0.1, -0.05) is 66.7 Å². The molecule has 0 unspecified atom stereocenters. The second-order valence-corrected chi connectivity index (χ2v) is 10.3. The molecule has 0 saturated carbocycles. The maximum Gasteiger partial charge on any atom is 0.232 e. The molecule has 0 saturated heterocycles. The predicted molar refractivity (Wildman–Crippen MR) is 134 cm³/mol. The smallest absolute Gasteiger partial charge is 0.232 e. The summed E-state index contributed by atoms with van der Waals surface area (Å²) in [5, 5.41) is 0. The van der Waals surface area contributed by atoms with Crippen molar-refractivity contribution in [3.63, 3.8) is 0 Å². The van der Waals surface area contributed by atoms with Crippen LogP contribution in [0.15, 0.2) is 78.9 Å². The Balaban J connectivity index is 1.70. The van der Waals surface area contributed by atoms with Crippen LogP contribution in [0.2, 0.25) is 0 Å². The zero-order valence-corrected chi connectivity index (χ0v) is 20.4. The highest BCUT2D eigenvalue weighted by Gasteiger charge is 2.20. The lowest BCUT2D eigenvalue weighted by atomic mass is 10.1. The van der Waals surface area contributed by atoms with Crippen LogP contribution in [0.4, 0.5) is 5.69 Å². The highest BCUT2D eigenvalue weighted by atomic mass is 32.2. The third-order valence-corrected chi connectivity index (χ3v) is 6.91. The molecule has 0 aliphatic rings. The molecule has 0 atom stereocenters. The normalized spacial score (nSPS) is 11.2. The Hall–Kier alpha value is -3.12. The molecule has 0 aromatic heterocycles. The monoisotopic (exact) mass is 464 g/mol. The summed E-state index contributed by atoms with van der Waals surface area (Å²) in [6.07, 6.45) is 1.93. The Labute approximate surface area is 197 Å². The predicted octanol–water partition coefficient (Wildman–Crippen LogP) is 5.08. The zero-order chi connectivity index (χ0) is 23.8. The summed E-state index contributed by atoms with van der Waals surface area (Å²) in [5.74, 6) is 0.0104. The summed E-state index contributed by atoms with van der Waals surface area (Å²) in [4.78, 5) is 15.0. The van der Waals surface area contributed by atoms with Crippen LogP contribution >= 0.6 is 0 Å². The number of amides is 1. The van der Waals surface area contributed by atoms with Crippen molar-refractivity contribution in [2.45, 2.75) is 39.8 Å². The first-order chi connectivity index (χ1) is 15.7. The van der Waals surface area contributed by atoms with E-state index in [1.165, 1.54) is 10.6 Å². The first-order valence-electron chi connectivity index (χ1n) is 11.1. The molecule has 33 heavy (non-hydrogen) atoms. The lowest BCUT2D eigenvalue weighted by Gasteiger charge is -2.25. The van der Waals surface area contributed by atoms with E-state index in [1.54, 1.807) is 0 Å². The fourth-order valence-electron chi connectivity index (χ4n) is 3.74. The fraction of sp³-hybridized carbons (Fsp3) is 0.296. The van der Waals surface area contributed by atoms with E-state index in [0.717, 1.165) is 22.3 Å².